The summed E-state index contributed by atoms with van der Waals surface area (Å²) in [4.78, 5) is 11.9. The molecule has 0 spiro atoms. The molecule has 2 aromatic rings. The molecule has 0 atom stereocenters. The maximum absolute atomic E-state index is 11.9. The summed E-state index contributed by atoms with van der Waals surface area (Å²) >= 11 is 3.42. The third kappa shape index (κ3) is 6.59. The number of carbonyl (C=O) groups excluding carboxylic acids is 1. The van der Waals surface area contributed by atoms with Gasteiger partial charge in [-0.15, -0.1) is 0 Å². The molecule has 0 unspecified atom stereocenters. The number of benzene rings is 2. The third-order valence-corrected chi connectivity index (χ3v) is 4.14. The van der Waals surface area contributed by atoms with E-state index in [4.69, 9.17) is 9.47 Å². The number of nitrogens with one attached hydrogen (secondary N) is 2. The van der Waals surface area contributed by atoms with E-state index in [0.29, 0.717) is 26.3 Å². The molecule has 5 nitrogen and oxygen atoms in total. The second-order valence-electron chi connectivity index (χ2n) is 5.64. The molecule has 0 fully saturated rings. The topological polar surface area (TPSA) is 59.6 Å². The van der Waals surface area contributed by atoms with Crippen molar-refractivity contribution in [2.75, 3.05) is 19.8 Å². The highest BCUT2D eigenvalue weighted by atomic mass is 79.9. The predicted molar refractivity (Wildman–Crippen MR) is 107 cm³/mol. The molecular formula is C20H25BrN2O3. The van der Waals surface area contributed by atoms with Crippen LogP contribution in [0.15, 0.2) is 46.9 Å². The van der Waals surface area contributed by atoms with E-state index in [2.05, 4.69) is 26.6 Å². The predicted octanol–water partition coefficient (Wildman–Crippen LogP) is 4.29. The van der Waals surface area contributed by atoms with Gasteiger partial charge in [-0.3, -0.25) is 0 Å². The lowest BCUT2D eigenvalue weighted by molar-refractivity contribution is 0.240. The summed E-state index contributed by atoms with van der Waals surface area (Å²) in [6, 6.07) is 13.6. The summed E-state index contributed by atoms with van der Waals surface area (Å²) in [6.07, 6.45) is 0.719. The van der Waals surface area contributed by atoms with Crippen molar-refractivity contribution in [3.05, 3.63) is 58.1 Å². The minimum Gasteiger partial charge on any atom is -0.490 e. The van der Waals surface area contributed by atoms with E-state index in [1.807, 2.05) is 56.3 Å². The van der Waals surface area contributed by atoms with Gasteiger partial charge in [0.05, 0.1) is 13.2 Å². The largest absolute Gasteiger partial charge is 0.490 e. The normalized spacial score (nSPS) is 10.3. The molecule has 0 saturated heterocycles. The lowest BCUT2D eigenvalue weighted by Crippen LogP contribution is -2.36. The van der Waals surface area contributed by atoms with Crippen LogP contribution in [0.2, 0.25) is 0 Å². The Labute approximate surface area is 163 Å². The number of hydrogen-bond donors (Lipinski definition) is 2. The van der Waals surface area contributed by atoms with Gasteiger partial charge in [-0.1, -0.05) is 34.1 Å². The molecule has 0 radical (unpaired) electrons. The van der Waals surface area contributed by atoms with E-state index in [9.17, 15) is 4.79 Å². The van der Waals surface area contributed by atoms with Crippen molar-refractivity contribution in [3.63, 3.8) is 0 Å². The van der Waals surface area contributed by atoms with E-state index in [-0.39, 0.29) is 6.03 Å². The SMILES string of the molecule is CCOc1ccc(CCNC(=O)NCc2cccc(Br)c2)cc1OCC. The summed E-state index contributed by atoms with van der Waals surface area (Å²) in [5.74, 6) is 1.49. The molecule has 0 saturated carbocycles. The number of halogens is 1. The van der Waals surface area contributed by atoms with Crippen molar-refractivity contribution >= 4 is 22.0 Å². The van der Waals surface area contributed by atoms with Gasteiger partial charge in [0, 0.05) is 17.6 Å². The Bertz CT molecular complexity index is 722. The van der Waals surface area contributed by atoms with Crippen LogP contribution in [0.3, 0.4) is 0 Å². The molecule has 0 aliphatic carbocycles. The Morgan fingerprint density at radius 1 is 0.962 bits per heavy atom. The molecule has 0 aliphatic heterocycles. The minimum atomic E-state index is -0.180. The zero-order chi connectivity index (χ0) is 18.8. The highest BCUT2D eigenvalue weighted by Gasteiger charge is 2.07. The van der Waals surface area contributed by atoms with E-state index in [1.165, 1.54) is 0 Å². The number of hydrogen-bond acceptors (Lipinski definition) is 3. The standard InChI is InChI=1S/C20H25BrN2O3/c1-3-25-18-9-8-15(13-19(18)26-4-2)10-11-22-20(24)23-14-16-6-5-7-17(21)12-16/h5-9,12-13H,3-4,10-11,14H2,1-2H3,(H2,22,23,24). The highest BCUT2D eigenvalue weighted by Crippen LogP contribution is 2.28. The zero-order valence-electron chi connectivity index (χ0n) is 15.2. The van der Waals surface area contributed by atoms with Crippen molar-refractivity contribution in [2.45, 2.75) is 26.8 Å². The van der Waals surface area contributed by atoms with Crippen LogP contribution < -0.4 is 20.1 Å². The van der Waals surface area contributed by atoms with E-state index >= 15 is 0 Å². The van der Waals surface area contributed by atoms with Crippen LogP contribution in [-0.4, -0.2) is 25.8 Å². The zero-order valence-corrected chi connectivity index (χ0v) is 16.8. The van der Waals surface area contributed by atoms with E-state index in [1.54, 1.807) is 0 Å². The van der Waals surface area contributed by atoms with Crippen LogP contribution in [0.5, 0.6) is 11.5 Å². The molecule has 6 heteroatoms. The first-order valence-corrected chi connectivity index (χ1v) is 9.56. The minimum absolute atomic E-state index is 0.180. The Kier molecular flexibility index (Phi) is 8.28. The number of amides is 2. The van der Waals surface area contributed by atoms with E-state index in [0.717, 1.165) is 33.5 Å². The fourth-order valence-corrected chi connectivity index (χ4v) is 2.91. The van der Waals surface area contributed by atoms with Crippen LogP contribution in [0.4, 0.5) is 4.79 Å². The van der Waals surface area contributed by atoms with Crippen molar-refractivity contribution in [1.82, 2.24) is 10.6 Å². The second-order valence-corrected chi connectivity index (χ2v) is 6.55. The molecule has 2 amide bonds. The van der Waals surface area contributed by atoms with Gasteiger partial charge in [-0.2, -0.15) is 0 Å². The van der Waals surface area contributed by atoms with Crippen molar-refractivity contribution < 1.29 is 14.3 Å². The van der Waals surface area contributed by atoms with Crippen LogP contribution >= 0.6 is 15.9 Å². The maximum Gasteiger partial charge on any atom is 0.315 e. The first-order valence-electron chi connectivity index (χ1n) is 8.77. The highest BCUT2D eigenvalue weighted by molar-refractivity contribution is 9.10. The third-order valence-electron chi connectivity index (χ3n) is 3.65. The monoisotopic (exact) mass is 420 g/mol. The Hall–Kier alpha value is -2.21. The summed E-state index contributed by atoms with van der Waals surface area (Å²) in [7, 11) is 0. The fourth-order valence-electron chi connectivity index (χ4n) is 2.46. The molecule has 0 aromatic heterocycles. The molecule has 140 valence electrons. The number of carbonyl (C=O) groups is 1. The molecule has 0 heterocycles. The molecule has 2 rings (SSSR count). The number of ether oxygens (including phenoxy) is 2. The smallest absolute Gasteiger partial charge is 0.315 e. The molecule has 26 heavy (non-hydrogen) atoms. The van der Waals surface area contributed by atoms with Crippen LogP contribution in [0.1, 0.15) is 25.0 Å². The van der Waals surface area contributed by atoms with E-state index < -0.39 is 0 Å². The first kappa shape index (κ1) is 20.1. The summed E-state index contributed by atoms with van der Waals surface area (Å²) in [5.41, 5.74) is 2.13. The Balaban J connectivity index is 1.79. The average molecular weight is 421 g/mol. The van der Waals surface area contributed by atoms with Gasteiger partial charge in [0.2, 0.25) is 0 Å². The molecule has 2 aromatic carbocycles. The Morgan fingerprint density at radius 2 is 1.73 bits per heavy atom. The number of rotatable bonds is 9. The van der Waals surface area contributed by atoms with Crippen molar-refractivity contribution in [1.29, 1.82) is 0 Å². The average Bonchev–Trinajstić information content (AvgIpc) is 2.62. The molecule has 2 N–H and O–H groups in total. The van der Waals surface area contributed by atoms with Gasteiger partial charge in [0.1, 0.15) is 0 Å². The van der Waals surface area contributed by atoms with Crippen LogP contribution in [-0.2, 0) is 13.0 Å². The quantitative estimate of drug-likeness (QED) is 0.635. The molecule has 0 aliphatic rings. The van der Waals surface area contributed by atoms with Gasteiger partial charge < -0.3 is 20.1 Å². The maximum atomic E-state index is 11.9. The van der Waals surface area contributed by atoms with Gasteiger partial charge in [-0.05, 0) is 55.7 Å². The Morgan fingerprint density at radius 3 is 2.46 bits per heavy atom. The second kappa shape index (κ2) is 10.7. The van der Waals surface area contributed by atoms with Gasteiger partial charge in [0.25, 0.3) is 0 Å². The fraction of sp³-hybridized carbons (Fsp3) is 0.350. The first-order chi connectivity index (χ1) is 12.6. The van der Waals surface area contributed by atoms with Crippen LogP contribution in [0, 0.1) is 0 Å². The molecular weight excluding hydrogens is 396 g/mol. The van der Waals surface area contributed by atoms with Gasteiger partial charge in [0.15, 0.2) is 11.5 Å². The summed E-state index contributed by atoms with van der Waals surface area (Å²) in [5, 5.41) is 5.73. The van der Waals surface area contributed by atoms with Crippen molar-refractivity contribution in [2.24, 2.45) is 0 Å². The lowest BCUT2D eigenvalue weighted by atomic mass is 10.1. The van der Waals surface area contributed by atoms with Gasteiger partial charge in [-0.25, -0.2) is 4.79 Å². The lowest BCUT2D eigenvalue weighted by Gasteiger charge is -2.13. The van der Waals surface area contributed by atoms with Gasteiger partial charge >= 0.3 is 6.03 Å². The summed E-state index contributed by atoms with van der Waals surface area (Å²) in [6.45, 7) is 6.10. The summed E-state index contributed by atoms with van der Waals surface area (Å²) < 4.78 is 12.2. The molecule has 0 bridgehead atoms. The van der Waals surface area contributed by atoms with Crippen LogP contribution in [0.25, 0.3) is 0 Å². The van der Waals surface area contributed by atoms with Crippen molar-refractivity contribution in [3.8, 4) is 11.5 Å². The number of urea groups is 1.